The summed E-state index contributed by atoms with van der Waals surface area (Å²) < 4.78 is 18.7. The van der Waals surface area contributed by atoms with Crippen LogP contribution in [0.2, 0.25) is 0 Å². The van der Waals surface area contributed by atoms with Crippen molar-refractivity contribution in [3.8, 4) is 5.75 Å². The Morgan fingerprint density at radius 3 is 2.79 bits per heavy atom. The van der Waals surface area contributed by atoms with E-state index < -0.39 is 0 Å². The zero-order valence-electron chi connectivity index (χ0n) is 11.2. The van der Waals surface area contributed by atoms with Crippen molar-refractivity contribution in [2.24, 2.45) is 0 Å². The van der Waals surface area contributed by atoms with Crippen molar-refractivity contribution in [3.05, 3.63) is 52.0 Å². The first kappa shape index (κ1) is 14.0. The number of rotatable bonds is 6. The molecule has 0 radical (unpaired) electrons. The molecule has 0 amide bonds. The second kappa shape index (κ2) is 6.68. The molecule has 1 aromatic carbocycles. The number of halogens is 1. The van der Waals surface area contributed by atoms with Gasteiger partial charge < -0.3 is 10.1 Å². The van der Waals surface area contributed by atoms with Crippen molar-refractivity contribution in [1.29, 1.82) is 0 Å². The molecule has 0 aliphatic heterocycles. The van der Waals surface area contributed by atoms with Crippen LogP contribution in [0.15, 0.2) is 35.0 Å². The Morgan fingerprint density at radius 2 is 2.21 bits per heavy atom. The first-order valence-corrected chi connectivity index (χ1v) is 7.26. The summed E-state index contributed by atoms with van der Waals surface area (Å²) in [4.78, 5) is 0. The highest BCUT2D eigenvalue weighted by atomic mass is 32.1. The Bertz CT molecular complexity index is 513. The van der Waals surface area contributed by atoms with Crippen LogP contribution in [-0.4, -0.2) is 13.7 Å². The molecule has 0 saturated heterocycles. The van der Waals surface area contributed by atoms with Crippen LogP contribution in [0.3, 0.4) is 0 Å². The summed E-state index contributed by atoms with van der Waals surface area (Å²) in [5.74, 6) is -0.0252. The largest absolute Gasteiger partial charge is 0.494 e. The normalized spacial score (nSPS) is 12.4. The van der Waals surface area contributed by atoms with E-state index in [1.54, 1.807) is 23.5 Å². The quantitative estimate of drug-likeness (QED) is 0.868. The lowest BCUT2D eigenvalue weighted by atomic mass is 10.00. The predicted octanol–water partition coefficient (Wildman–Crippen LogP) is 3.79. The van der Waals surface area contributed by atoms with E-state index in [1.165, 1.54) is 12.7 Å². The molecular weight excluding hydrogens is 261 g/mol. The van der Waals surface area contributed by atoms with Gasteiger partial charge in [-0.3, -0.25) is 0 Å². The number of thiophene rings is 1. The van der Waals surface area contributed by atoms with Gasteiger partial charge in [0.1, 0.15) is 0 Å². The topological polar surface area (TPSA) is 21.3 Å². The summed E-state index contributed by atoms with van der Waals surface area (Å²) in [5.41, 5.74) is 2.22. The average molecular weight is 279 g/mol. The van der Waals surface area contributed by atoms with Gasteiger partial charge in [0.2, 0.25) is 0 Å². The van der Waals surface area contributed by atoms with Crippen molar-refractivity contribution in [2.75, 3.05) is 13.7 Å². The molecule has 1 atom stereocenters. The highest BCUT2D eigenvalue weighted by molar-refractivity contribution is 7.07. The monoisotopic (exact) mass is 279 g/mol. The minimum absolute atomic E-state index is 0.125. The highest BCUT2D eigenvalue weighted by Gasteiger charge is 2.14. The van der Waals surface area contributed by atoms with E-state index in [-0.39, 0.29) is 17.6 Å². The second-order valence-corrected chi connectivity index (χ2v) is 5.12. The molecule has 0 fully saturated rings. The van der Waals surface area contributed by atoms with Crippen LogP contribution in [0.5, 0.6) is 5.75 Å². The molecule has 1 unspecified atom stereocenters. The van der Waals surface area contributed by atoms with Crippen molar-refractivity contribution in [2.45, 2.75) is 19.4 Å². The molecule has 1 heterocycles. The summed E-state index contributed by atoms with van der Waals surface area (Å²) in [6, 6.07) is 7.39. The fourth-order valence-electron chi connectivity index (χ4n) is 2.10. The molecule has 102 valence electrons. The fourth-order valence-corrected chi connectivity index (χ4v) is 2.78. The number of hydrogen-bond donors (Lipinski definition) is 1. The first-order chi connectivity index (χ1) is 9.24. The van der Waals surface area contributed by atoms with Gasteiger partial charge in [-0.05, 0) is 53.1 Å². The smallest absolute Gasteiger partial charge is 0.165 e. The van der Waals surface area contributed by atoms with E-state index in [4.69, 9.17) is 4.74 Å². The molecule has 0 aliphatic carbocycles. The van der Waals surface area contributed by atoms with Crippen LogP contribution in [0.25, 0.3) is 0 Å². The molecule has 0 aliphatic rings. The molecule has 2 nitrogen and oxygen atoms in total. The standard InChI is InChI=1S/C15H18FNOS/c1-3-17-14(8-11-6-7-19-10-11)12-4-5-15(18-2)13(16)9-12/h4-7,9-10,14,17H,3,8H2,1-2H3. The number of hydrogen-bond acceptors (Lipinski definition) is 3. The van der Waals surface area contributed by atoms with E-state index in [1.807, 2.05) is 6.07 Å². The molecule has 1 N–H and O–H groups in total. The first-order valence-electron chi connectivity index (χ1n) is 6.32. The van der Waals surface area contributed by atoms with Crippen molar-refractivity contribution < 1.29 is 9.13 Å². The van der Waals surface area contributed by atoms with Crippen LogP contribution in [0.4, 0.5) is 4.39 Å². The Kier molecular flexibility index (Phi) is 4.93. The van der Waals surface area contributed by atoms with Gasteiger partial charge in [0, 0.05) is 6.04 Å². The van der Waals surface area contributed by atoms with Gasteiger partial charge in [-0.2, -0.15) is 11.3 Å². The molecular formula is C15H18FNOS. The minimum atomic E-state index is -0.312. The van der Waals surface area contributed by atoms with E-state index in [2.05, 4.69) is 29.1 Å². The molecule has 2 aromatic rings. The number of methoxy groups -OCH3 is 1. The Labute approximate surface area is 117 Å². The number of nitrogens with one attached hydrogen (secondary N) is 1. The lowest BCUT2D eigenvalue weighted by Gasteiger charge is -2.18. The molecule has 2 rings (SSSR count). The van der Waals surface area contributed by atoms with Crippen molar-refractivity contribution in [1.82, 2.24) is 5.32 Å². The third-order valence-electron chi connectivity index (χ3n) is 3.05. The van der Waals surface area contributed by atoms with Gasteiger partial charge in [-0.25, -0.2) is 4.39 Å². The van der Waals surface area contributed by atoms with E-state index >= 15 is 0 Å². The van der Waals surface area contributed by atoms with Crippen LogP contribution >= 0.6 is 11.3 Å². The van der Waals surface area contributed by atoms with Gasteiger partial charge in [0.05, 0.1) is 7.11 Å². The summed E-state index contributed by atoms with van der Waals surface area (Å²) in [5, 5.41) is 7.59. The summed E-state index contributed by atoms with van der Waals surface area (Å²) in [6.07, 6.45) is 0.864. The molecule has 4 heteroatoms. The van der Waals surface area contributed by atoms with Crippen LogP contribution in [-0.2, 0) is 6.42 Å². The lowest BCUT2D eigenvalue weighted by molar-refractivity contribution is 0.385. The maximum atomic E-state index is 13.8. The molecule has 0 spiro atoms. The second-order valence-electron chi connectivity index (χ2n) is 4.34. The third kappa shape index (κ3) is 3.55. The van der Waals surface area contributed by atoms with Crippen LogP contribution < -0.4 is 10.1 Å². The van der Waals surface area contributed by atoms with Gasteiger partial charge >= 0.3 is 0 Å². The third-order valence-corrected chi connectivity index (χ3v) is 3.78. The summed E-state index contributed by atoms with van der Waals surface area (Å²) in [6.45, 7) is 2.91. The number of benzene rings is 1. The minimum Gasteiger partial charge on any atom is -0.494 e. The summed E-state index contributed by atoms with van der Waals surface area (Å²) >= 11 is 1.68. The molecule has 19 heavy (non-hydrogen) atoms. The average Bonchev–Trinajstić information content (AvgIpc) is 2.91. The molecule has 0 bridgehead atoms. The van der Waals surface area contributed by atoms with Gasteiger partial charge in [-0.15, -0.1) is 0 Å². The molecule has 1 aromatic heterocycles. The maximum absolute atomic E-state index is 13.8. The zero-order valence-corrected chi connectivity index (χ0v) is 12.0. The van der Waals surface area contributed by atoms with Crippen LogP contribution in [0.1, 0.15) is 24.1 Å². The lowest BCUT2D eigenvalue weighted by Crippen LogP contribution is -2.22. The van der Waals surface area contributed by atoms with Gasteiger partial charge in [0.15, 0.2) is 11.6 Å². The van der Waals surface area contributed by atoms with Gasteiger partial charge in [-0.1, -0.05) is 13.0 Å². The van der Waals surface area contributed by atoms with E-state index in [0.29, 0.717) is 0 Å². The molecule has 0 saturated carbocycles. The van der Waals surface area contributed by atoms with Crippen molar-refractivity contribution >= 4 is 11.3 Å². The number of ether oxygens (including phenoxy) is 1. The maximum Gasteiger partial charge on any atom is 0.165 e. The SMILES string of the molecule is CCNC(Cc1ccsc1)c1ccc(OC)c(F)c1. The summed E-state index contributed by atoms with van der Waals surface area (Å²) in [7, 11) is 1.48. The highest BCUT2D eigenvalue weighted by Crippen LogP contribution is 2.24. The van der Waals surface area contributed by atoms with E-state index in [9.17, 15) is 4.39 Å². The predicted molar refractivity (Wildman–Crippen MR) is 77.4 cm³/mol. The fraction of sp³-hybridized carbons (Fsp3) is 0.333. The van der Waals surface area contributed by atoms with Crippen LogP contribution in [0, 0.1) is 5.82 Å². The zero-order chi connectivity index (χ0) is 13.7. The van der Waals surface area contributed by atoms with Crippen molar-refractivity contribution in [3.63, 3.8) is 0 Å². The van der Waals surface area contributed by atoms with Gasteiger partial charge in [0.25, 0.3) is 0 Å². The Hall–Kier alpha value is -1.39. The number of likely N-dealkylation sites (N-methyl/N-ethyl adjacent to an activating group) is 1. The van der Waals surface area contributed by atoms with E-state index in [0.717, 1.165) is 18.5 Å². The Balaban J connectivity index is 2.20. The Morgan fingerprint density at radius 1 is 1.37 bits per heavy atom.